The Bertz CT molecular complexity index is 314. The highest BCUT2D eigenvalue weighted by atomic mass is 16.1. The van der Waals surface area contributed by atoms with Gasteiger partial charge in [0.05, 0.1) is 0 Å². The quantitative estimate of drug-likeness (QED) is 0.465. The van der Waals surface area contributed by atoms with Gasteiger partial charge in [0, 0.05) is 12.3 Å². The number of ketones is 1. The number of carbonyl (C=O) groups is 1. The molecule has 2 atom stereocenters. The van der Waals surface area contributed by atoms with E-state index in [1.54, 1.807) is 0 Å². The summed E-state index contributed by atoms with van der Waals surface area (Å²) in [6, 6.07) is 0. The van der Waals surface area contributed by atoms with Crippen LogP contribution in [0, 0.1) is 23.7 Å². The Morgan fingerprint density at radius 1 is 0.773 bits per heavy atom. The van der Waals surface area contributed by atoms with Crippen LogP contribution in [-0.2, 0) is 4.79 Å². The molecule has 2 aliphatic rings. The molecule has 0 aromatic carbocycles. The van der Waals surface area contributed by atoms with E-state index in [0.29, 0.717) is 11.7 Å². The third kappa shape index (κ3) is 5.39. The molecular weight excluding hydrogens is 268 g/mol. The summed E-state index contributed by atoms with van der Waals surface area (Å²) in [4.78, 5) is 12.4. The molecule has 1 heteroatoms. The number of hydrogen-bond acceptors (Lipinski definition) is 1. The molecule has 0 amide bonds. The summed E-state index contributed by atoms with van der Waals surface area (Å²) in [5.74, 6) is 3.64. The predicted octanol–water partition coefficient (Wildman–Crippen LogP) is 6.55. The van der Waals surface area contributed by atoms with E-state index in [0.717, 1.165) is 24.2 Å². The van der Waals surface area contributed by atoms with Gasteiger partial charge >= 0.3 is 0 Å². The van der Waals surface area contributed by atoms with Crippen molar-refractivity contribution in [1.29, 1.82) is 0 Å². The Morgan fingerprint density at radius 2 is 1.45 bits per heavy atom. The molecule has 128 valence electrons. The zero-order valence-electron chi connectivity index (χ0n) is 15.1. The Balaban J connectivity index is 1.69. The number of carbonyl (C=O) groups excluding carboxylic acids is 1. The highest BCUT2D eigenvalue weighted by Crippen LogP contribution is 2.42. The van der Waals surface area contributed by atoms with Gasteiger partial charge in [0.2, 0.25) is 0 Å². The van der Waals surface area contributed by atoms with E-state index in [1.165, 1.54) is 83.5 Å². The first-order valence-corrected chi connectivity index (χ1v) is 10.3. The standard InChI is InChI=1S/C21H38O/c1-3-5-7-9-19-14-15-20(16-21(19)22)18-12-10-17(11-13-18)8-6-4-2/h17-20H,3-16H2,1-2H3/t17-,18-,19?,20?. The fraction of sp³-hybridized carbons (Fsp3) is 0.952. The molecule has 2 aliphatic carbocycles. The van der Waals surface area contributed by atoms with E-state index in [9.17, 15) is 4.79 Å². The van der Waals surface area contributed by atoms with Crippen molar-refractivity contribution < 1.29 is 4.79 Å². The van der Waals surface area contributed by atoms with Crippen LogP contribution in [-0.4, -0.2) is 5.78 Å². The average molecular weight is 307 g/mol. The summed E-state index contributed by atoms with van der Waals surface area (Å²) in [5, 5.41) is 0. The second-order valence-electron chi connectivity index (χ2n) is 8.12. The lowest BCUT2D eigenvalue weighted by molar-refractivity contribution is -0.127. The minimum Gasteiger partial charge on any atom is -0.299 e. The number of rotatable bonds is 8. The summed E-state index contributed by atoms with van der Waals surface area (Å²) < 4.78 is 0. The van der Waals surface area contributed by atoms with Gasteiger partial charge in [-0.2, -0.15) is 0 Å². The first kappa shape index (κ1) is 18.0. The van der Waals surface area contributed by atoms with E-state index in [2.05, 4.69) is 13.8 Å². The summed E-state index contributed by atoms with van der Waals surface area (Å²) >= 11 is 0. The maximum atomic E-state index is 12.4. The summed E-state index contributed by atoms with van der Waals surface area (Å²) in [6.07, 6.45) is 18.4. The zero-order valence-corrected chi connectivity index (χ0v) is 15.1. The van der Waals surface area contributed by atoms with E-state index < -0.39 is 0 Å². The molecule has 2 fully saturated rings. The predicted molar refractivity (Wildman–Crippen MR) is 95.0 cm³/mol. The largest absolute Gasteiger partial charge is 0.299 e. The van der Waals surface area contributed by atoms with Gasteiger partial charge in [-0.1, -0.05) is 65.2 Å². The van der Waals surface area contributed by atoms with Gasteiger partial charge in [-0.25, -0.2) is 0 Å². The van der Waals surface area contributed by atoms with Gasteiger partial charge in [-0.05, 0) is 49.9 Å². The Kier molecular flexibility index (Phi) is 7.97. The molecule has 0 saturated heterocycles. The number of Topliss-reactive ketones (excluding diaryl/α,β-unsaturated/α-hetero) is 1. The van der Waals surface area contributed by atoms with Crippen molar-refractivity contribution in [3.63, 3.8) is 0 Å². The lowest BCUT2D eigenvalue weighted by Gasteiger charge is -2.37. The van der Waals surface area contributed by atoms with Gasteiger partial charge in [0.15, 0.2) is 0 Å². The van der Waals surface area contributed by atoms with Gasteiger partial charge < -0.3 is 0 Å². The second-order valence-corrected chi connectivity index (χ2v) is 8.12. The van der Waals surface area contributed by atoms with E-state index in [-0.39, 0.29) is 0 Å². The normalized spacial score (nSPS) is 33.1. The van der Waals surface area contributed by atoms with Gasteiger partial charge in [-0.3, -0.25) is 4.79 Å². The SMILES string of the molecule is CCCCCC1CCC([C@H]2CC[C@H](CCCC)CC2)CC1=O. The van der Waals surface area contributed by atoms with Gasteiger partial charge in [0.25, 0.3) is 0 Å². The van der Waals surface area contributed by atoms with Crippen LogP contribution in [0.2, 0.25) is 0 Å². The fourth-order valence-electron chi connectivity index (χ4n) is 4.89. The number of hydrogen-bond donors (Lipinski definition) is 0. The second kappa shape index (κ2) is 9.73. The Labute approximate surface area is 138 Å². The maximum absolute atomic E-state index is 12.4. The monoisotopic (exact) mass is 306 g/mol. The van der Waals surface area contributed by atoms with Crippen LogP contribution < -0.4 is 0 Å². The van der Waals surface area contributed by atoms with Gasteiger partial charge in [0.1, 0.15) is 5.78 Å². The van der Waals surface area contributed by atoms with Crippen molar-refractivity contribution in [2.24, 2.45) is 23.7 Å². The van der Waals surface area contributed by atoms with Crippen molar-refractivity contribution in [2.75, 3.05) is 0 Å². The molecule has 2 saturated carbocycles. The Hall–Kier alpha value is -0.330. The number of unbranched alkanes of at least 4 members (excludes halogenated alkanes) is 3. The van der Waals surface area contributed by atoms with Crippen molar-refractivity contribution in [1.82, 2.24) is 0 Å². The highest BCUT2D eigenvalue weighted by molar-refractivity contribution is 5.81. The summed E-state index contributed by atoms with van der Waals surface area (Å²) in [7, 11) is 0. The lowest BCUT2D eigenvalue weighted by atomic mass is 9.68. The summed E-state index contributed by atoms with van der Waals surface area (Å²) in [6.45, 7) is 4.55. The summed E-state index contributed by atoms with van der Waals surface area (Å²) in [5.41, 5.74) is 0. The first-order valence-electron chi connectivity index (χ1n) is 10.3. The van der Waals surface area contributed by atoms with Crippen molar-refractivity contribution in [3.8, 4) is 0 Å². The van der Waals surface area contributed by atoms with Crippen LogP contribution in [0.3, 0.4) is 0 Å². The lowest BCUT2D eigenvalue weighted by Crippen LogP contribution is -2.31. The van der Waals surface area contributed by atoms with Crippen molar-refractivity contribution in [3.05, 3.63) is 0 Å². The molecule has 0 N–H and O–H groups in total. The third-order valence-electron chi connectivity index (χ3n) is 6.48. The molecule has 0 bridgehead atoms. The average Bonchev–Trinajstić information content (AvgIpc) is 2.55. The van der Waals surface area contributed by atoms with Crippen LogP contribution in [0.5, 0.6) is 0 Å². The molecule has 0 aromatic rings. The van der Waals surface area contributed by atoms with E-state index in [1.807, 2.05) is 0 Å². The van der Waals surface area contributed by atoms with Crippen LogP contribution in [0.1, 0.15) is 104 Å². The third-order valence-corrected chi connectivity index (χ3v) is 6.48. The highest BCUT2D eigenvalue weighted by Gasteiger charge is 2.34. The van der Waals surface area contributed by atoms with Crippen LogP contribution >= 0.6 is 0 Å². The molecule has 0 aliphatic heterocycles. The molecule has 2 unspecified atom stereocenters. The smallest absolute Gasteiger partial charge is 0.136 e. The van der Waals surface area contributed by atoms with Crippen LogP contribution in [0.4, 0.5) is 0 Å². The zero-order chi connectivity index (χ0) is 15.8. The molecule has 1 nitrogen and oxygen atoms in total. The molecule has 0 spiro atoms. The van der Waals surface area contributed by atoms with Crippen LogP contribution in [0.15, 0.2) is 0 Å². The molecular formula is C21H38O. The Morgan fingerprint density at radius 3 is 2.09 bits per heavy atom. The topological polar surface area (TPSA) is 17.1 Å². The minimum absolute atomic E-state index is 0.420. The molecule has 2 rings (SSSR count). The molecule has 0 heterocycles. The van der Waals surface area contributed by atoms with Crippen molar-refractivity contribution >= 4 is 5.78 Å². The van der Waals surface area contributed by atoms with E-state index in [4.69, 9.17) is 0 Å². The maximum Gasteiger partial charge on any atom is 0.136 e. The van der Waals surface area contributed by atoms with Crippen LogP contribution in [0.25, 0.3) is 0 Å². The van der Waals surface area contributed by atoms with E-state index >= 15 is 0 Å². The minimum atomic E-state index is 0.420. The van der Waals surface area contributed by atoms with Crippen molar-refractivity contribution in [2.45, 2.75) is 104 Å². The molecule has 0 aromatic heterocycles. The first-order chi connectivity index (χ1) is 10.7. The molecule has 22 heavy (non-hydrogen) atoms. The van der Waals surface area contributed by atoms with Gasteiger partial charge in [-0.15, -0.1) is 0 Å². The molecule has 0 radical (unpaired) electrons. The fourth-order valence-corrected chi connectivity index (χ4v) is 4.89.